The van der Waals surface area contributed by atoms with E-state index in [4.69, 9.17) is 10.5 Å². The Morgan fingerprint density at radius 1 is 1.42 bits per heavy atom. The first-order valence-corrected chi connectivity index (χ1v) is 6.53. The Hall–Kier alpha value is -1.62. The van der Waals surface area contributed by atoms with Crippen LogP contribution in [0.4, 0.5) is 0 Å². The van der Waals surface area contributed by atoms with Crippen molar-refractivity contribution in [2.24, 2.45) is 11.7 Å². The molecule has 1 unspecified atom stereocenters. The number of amides is 1. The van der Waals surface area contributed by atoms with Gasteiger partial charge in [-0.2, -0.15) is 0 Å². The minimum absolute atomic E-state index is 0.485. The van der Waals surface area contributed by atoms with E-state index in [1.165, 1.54) is 0 Å². The summed E-state index contributed by atoms with van der Waals surface area (Å²) in [4.78, 5) is 15.5. The molecule has 1 aromatic rings. The average Bonchev–Trinajstić information content (AvgIpc) is 2.31. The van der Waals surface area contributed by atoms with Crippen LogP contribution >= 0.6 is 0 Å². The minimum atomic E-state index is -0.659. The Morgan fingerprint density at radius 3 is 2.68 bits per heavy atom. The van der Waals surface area contributed by atoms with Gasteiger partial charge in [-0.3, -0.25) is 9.78 Å². The molecule has 1 rings (SSSR count). The van der Waals surface area contributed by atoms with Crippen molar-refractivity contribution in [1.82, 2.24) is 10.3 Å². The lowest BCUT2D eigenvalue weighted by atomic mass is 10.2. The normalized spacial score (nSPS) is 12.5. The van der Waals surface area contributed by atoms with Crippen LogP contribution in [0.25, 0.3) is 0 Å². The van der Waals surface area contributed by atoms with Crippen LogP contribution in [-0.2, 0) is 11.3 Å². The van der Waals surface area contributed by atoms with E-state index in [2.05, 4.69) is 24.1 Å². The monoisotopic (exact) mass is 265 g/mol. The van der Waals surface area contributed by atoms with Crippen molar-refractivity contribution in [3.63, 3.8) is 0 Å². The molecule has 5 heteroatoms. The van der Waals surface area contributed by atoms with E-state index in [1.54, 1.807) is 6.92 Å². The summed E-state index contributed by atoms with van der Waals surface area (Å²) >= 11 is 0. The van der Waals surface area contributed by atoms with E-state index < -0.39 is 12.0 Å². The van der Waals surface area contributed by atoms with E-state index in [9.17, 15) is 4.79 Å². The summed E-state index contributed by atoms with van der Waals surface area (Å²) in [6.07, 6.45) is -0.659. The molecule has 0 radical (unpaired) electrons. The number of ether oxygens (including phenoxy) is 1. The molecule has 106 valence electrons. The van der Waals surface area contributed by atoms with E-state index >= 15 is 0 Å². The molecule has 0 aliphatic heterocycles. The lowest BCUT2D eigenvalue weighted by Crippen LogP contribution is -2.31. The number of nitrogens with one attached hydrogen (secondary N) is 1. The molecule has 3 N–H and O–H groups in total. The molecule has 19 heavy (non-hydrogen) atoms. The fourth-order valence-electron chi connectivity index (χ4n) is 1.56. The van der Waals surface area contributed by atoms with Gasteiger partial charge in [0.2, 0.25) is 0 Å². The maximum absolute atomic E-state index is 11.0. The highest BCUT2D eigenvalue weighted by atomic mass is 16.5. The van der Waals surface area contributed by atoms with Gasteiger partial charge in [0.05, 0.1) is 5.69 Å². The van der Waals surface area contributed by atoms with Crippen LogP contribution in [0.2, 0.25) is 0 Å². The first-order valence-electron chi connectivity index (χ1n) is 6.53. The van der Waals surface area contributed by atoms with E-state index in [0.29, 0.717) is 18.2 Å². The molecule has 0 fully saturated rings. The average molecular weight is 265 g/mol. The molecule has 0 bridgehead atoms. The third-order valence-corrected chi connectivity index (χ3v) is 2.62. The van der Waals surface area contributed by atoms with Gasteiger partial charge in [0, 0.05) is 12.2 Å². The van der Waals surface area contributed by atoms with Crippen molar-refractivity contribution in [3.8, 4) is 5.75 Å². The van der Waals surface area contributed by atoms with Crippen LogP contribution in [0.3, 0.4) is 0 Å². The molecule has 0 aromatic carbocycles. The van der Waals surface area contributed by atoms with Gasteiger partial charge >= 0.3 is 0 Å². The molecule has 0 aliphatic rings. The Labute approximate surface area is 114 Å². The molecule has 1 aromatic heterocycles. The van der Waals surface area contributed by atoms with Crippen molar-refractivity contribution >= 4 is 5.91 Å². The van der Waals surface area contributed by atoms with Crippen molar-refractivity contribution in [1.29, 1.82) is 0 Å². The van der Waals surface area contributed by atoms with E-state index in [0.717, 1.165) is 17.9 Å². The van der Waals surface area contributed by atoms with Crippen molar-refractivity contribution in [2.45, 2.75) is 40.3 Å². The fourth-order valence-corrected chi connectivity index (χ4v) is 1.56. The third kappa shape index (κ3) is 5.26. The first-order chi connectivity index (χ1) is 8.90. The summed E-state index contributed by atoms with van der Waals surface area (Å²) in [6.45, 7) is 9.36. The number of hydrogen-bond acceptors (Lipinski definition) is 4. The zero-order valence-electron chi connectivity index (χ0n) is 12.1. The van der Waals surface area contributed by atoms with Crippen LogP contribution < -0.4 is 15.8 Å². The summed E-state index contributed by atoms with van der Waals surface area (Å²) in [5.74, 6) is 0.688. The van der Waals surface area contributed by atoms with Crippen LogP contribution in [0.5, 0.6) is 5.75 Å². The van der Waals surface area contributed by atoms with Gasteiger partial charge in [-0.15, -0.1) is 0 Å². The summed E-state index contributed by atoms with van der Waals surface area (Å²) < 4.78 is 5.54. The van der Waals surface area contributed by atoms with Crippen LogP contribution in [0, 0.1) is 12.8 Å². The summed E-state index contributed by atoms with van der Waals surface area (Å²) in [5.41, 5.74) is 6.92. The van der Waals surface area contributed by atoms with Gasteiger partial charge in [0.1, 0.15) is 5.75 Å². The number of hydrogen-bond donors (Lipinski definition) is 2. The number of nitrogens with zero attached hydrogens (tertiary/aromatic N) is 1. The molecule has 0 aliphatic carbocycles. The number of pyridine rings is 1. The van der Waals surface area contributed by atoms with E-state index in [1.807, 2.05) is 19.1 Å². The second kappa shape index (κ2) is 7.09. The lowest BCUT2D eigenvalue weighted by molar-refractivity contribution is -0.124. The highest BCUT2D eigenvalue weighted by Crippen LogP contribution is 2.18. The summed E-state index contributed by atoms with van der Waals surface area (Å²) in [7, 11) is 0. The molecule has 0 spiro atoms. The number of aromatic nitrogens is 1. The number of primary amides is 1. The second-order valence-electron chi connectivity index (χ2n) is 5.08. The van der Waals surface area contributed by atoms with Gasteiger partial charge < -0.3 is 15.8 Å². The molecule has 0 saturated carbocycles. The quantitative estimate of drug-likeness (QED) is 0.781. The SMILES string of the molecule is Cc1ccc(OC(C)C(N)=O)c(CNCC(C)C)n1. The Balaban J connectivity index is 2.76. The van der Waals surface area contributed by atoms with Crippen LogP contribution in [0.1, 0.15) is 32.2 Å². The van der Waals surface area contributed by atoms with Gasteiger partial charge in [-0.05, 0) is 38.4 Å². The summed E-state index contributed by atoms with van der Waals surface area (Å²) in [6, 6.07) is 3.68. The third-order valence-electron chi connectivity index (χ3n) is 2.62. The number of nitrogens with two attached hydrogens (primary N) is 1. The largest absolute Gasteiger partial charge is 0.479 e. The van der Waals surface area contributed by atoms with Crippen LogP contribution in [-0.4, -0.2) is 23.5 Å². The van der Waals surface area contributed by atoms with Gasteiger partial charge in [-0.1, -0.05) is 13.8 Å². The zero-order valence-corrected chi connectivity index (χ0v) is 12.1. The lowest BCUT2D eigenvalue weighted by Gasteiger charge is -2.15. The van der Waals surface area contributed by atoms with Crippen molar-refractivity contribution < 1.29 is 9.53 Å². The molecule has 1 atom stereocenters. The van der Waals surface area contributed by atoms with Crippen LogP contribution in [0.15, 0.2) is 12.1 Å². The smallest absolute Gasteiger partial charge is 0.258 e. The highest BCUT2D eigenvalue weighted by molar-refractivity contribution is 5.78. The van der Waals surface area contributed by atoms with Gasteiger partial charge in [0.25, 0.3) is 5.91 Å². The summed E-state index contributed by atoms with van der Waals surface area (Å²) in [5, 5.41) is 3.31. The number of aryl methyl sites for hydroxylation is 1. The predicted octanol–water partition coefficient (Wildman–Crippen LogP) is 1.39. The topological polar surface area (TPSA) is 77.2 Å². The maximum Gasteiger partial charge on any atom is 0.258 e. The second-order valence-corrected chi connectivity index (χ2v) is 5.08. The molecule has 1 heterocycles. The number of carbonyl (C=O) groups is 1. The van der Waals surface area contributed by atoms with Gasteiger partial charge in [0.15, 0.2) is 6.10 Å². The molecular weight excluding hydrogens is 242 g/mol. The molecule has 5 nitrogen and oxygen atoms in total. The predicted molar refractivity (Wildman–Crippen MR) is 74.8 cm³/mol. The minimum Gasteiger partial charge on any atom is -0.479 e. The first kappa shape index (κ1) is 15.4. The van der Waals surface area contributed by atoms with Crippen molar-refractivity contribution in [3.05, 3.63) is 23.5 Å². The number of rotatable bonds is 7. The van der Waals surface area contributed by atoms with Gasteiger partial charge in [-0.25, -0.2) is 0 Å². The molecular formula is C14H23N3O2. The molecule has 0 saturated heterocycles. The Morgan fingerprint density at radius 2 is 2.11 bits per heavy atom. The Kier molecular flexibility index (Phi) is 5.76. The standard InChI is InChI=1S/C14H23N3O2/c1-9(2)7-16-8-12-13(6-5-10(3)17-12)19-11(4)14(15)18/h5-6,9,11,16H,7-8H2,1-4H3,(H2,15,18). The Bertz CT molecular complexity index is 433. The van der Waals surface area contributed by atoms with Crippen molar-refractivity contribution in [2.75, 3.05) is 6.54 Å². The maximum atomic E-state index is 11.0. The van der Waals surface area contributed by atoms with E-state index in [-0.39, 0.29) is 0 Å². The highest BCUT2D eigenvalue weighted by Gasteiger charge is 2.14. The number of carbonyl (C=O) groups excluding carboxylic acids is 1. The molecule has 1 amide bonds. The fraction of sp³-hybridized carbons (Fsp3) is 0.571. The zero-order chi connectivity index (χ0) is 14.4.